The zero-order valence-corrected chi connectivity index (χ0v) is 58.9. The average molecular weight is 1450 g/mol. The molecule has 0 N–H and O–H groups in total. The van der Waals surface area contributed by atoms with Crippen LogP contribution in [0.15, 0.2) is 263 Å². The summed E-state index contributed by atoms with van der Waals surface area (Å²) in [4.78, 5) is 0. The Kier molecular flexibility index (Phi) is 13.2. The quantitative estimate of drug-likeness (QED) is 0.146. The molecule has 84 heavy (non-hydrogen) atoms. The zero-order valence-electron chi connectivity index (χ0n) is 49.7. The molecule has 16 rings (SSSR count). The number of rotatable bonds is 6. The second-order valence-corrected chi connectivity index (χ2v) is 68.9. The number of allylic oxidation sites excluding steroid dienone is 4. The van der Waals surface area contributed by atoms with Crippen molar-refractivity contribution in [2.75, 3.05) is 0 Å². The summed E-state index contributed by atoms with van der Waals surface area (Å²) in [7, 11) is -4.48. The Bertz CT molecular complexity index is 4190. The van der Waals surface area contributed by atoms with Crippen LogP contribution in [0.5, 0.6) is 0 Å². The summed E-state index contributed by atoms with van der Waals surface area (Å²) < 4.78 is 13.5. The third kappa shape index (κ3) is 8.20. The molecule has 0 saturated carbocycles. The van der Waals surface area contributed by atoms with Gasteiger partial charge in [0.25, 0.3) is 0 Å². The predicted octanol–water partition coefficient (Wildman–Crippen LogP) is 20.5. The molecule has 4 aliphatic carbocycles. The van der Waals surface area contributed by atoms with Crippen LogP contribution < -0.4 is 10.4 Å². The minimum absolute atomic E-state index is 0.597. The van der Waals surface area contributed by atoms with Crippen LogP contribution in [-0.4, -0.2) is 16.1 Å². The Morgan fingerprint density at radius 3 is 0.810 bits per heavy atom. The summed E-state index contributed by atoms with van der Waals surface area (Å²) in [5.74, 6) is 0. The maximum absolute atomic E-state index is 3.13. The van der Waals surface area contributed by atoms with Gasteiger partial charge in [-0.3, -0.25) is 0 Å². The molecule has 0 amide bonds. The van der Waals surface area contributed by atoms with Crippen LogP contribution in [0.3, 0.4) is 0 Å². The van der Waals surface area contributed by atoms with E-state index in [9.17, 15) is 0 Å². The van der Waals surface area contributed by atoms with E-state index in [0.717, 1.165) is 0 Å². The van der Waals surface area contributed by atoms with E-state index in [-0.39, 0.29) is 0 Å². The summed E-state index contributed by atoms with van der Waals surface area (Å²) in [6.07, 6.45) is 10.8. The van der Waals surface area contributed by atoms with E-state index in [1.807, 2.05) is 0 Å². The van der Waals surface area contributed by atoms with Crippen LogP contribution in [0, 0.1) is 13.8 Å². The van der Waals surface area contributed by atoms with Crippen LogP contribution >= 0.6 is 0 Å². The molecule has 10 aromatic carbocycles. The van der Waals surface area contributed by atoms with Crippen molar-refractivity contribution in [1.29, 1.82) is 0 Å². The molecule has 2 fully saturated rings. The molecule has 0 bridgehead atoms. The van der Waals surface area contributed by atoms with Crippen LogP contribution in [-0.2, 0) is 39.9 Å². The molecular formula is C80H72Hf2Si2. The van der Waals surface area contributed by atoms with E-state index >= 15 is 0 Å². The SMILES string of the molecule is C[Si]1(c2ccccc2)C2=Cc3c(-c4ccccc4)cccc3[CH]2[Hf]([CH3])([CH3])[CH]2C1=Cc1c(-c3ccccc3)cccc12.Cc1cccc(-c2cccc3c2C=C2[CH]3[Hf]([CH3])([CH3])[CH]3C(=Cc4c(-c5cccc(C)c5)cccc43)[Si]2(C)c2ccccc2)c1. The Labute approximate surface area is 509 Å². The van der Waals surface area contributed by atoms with Crippen LogP contribution in [0.25, 0.3) is 68.8 Å². The van der Waals surface area contributed by atoms with Gasteiger partial charge in [0.1, 0.15) is 0 Å². The molecular weight excluding hydrogens is 1370 g/mol. The molecule has 2 aliphatic heterocycles. The third-order valence-corrected chi connectivity index (χ3v) is 64.9. The van der Waals surface area contributed by atoms with Gasteiger partial charge in [-0.25, -0.2) is 0 Å². The molecule has 0 radical (unpaired) electrons. The van der Waals surface area contributed by atoms with E-state index in [2.05, 4.69) is 313 Å². The molecule has 0 nitrogen and oxygen atoms in total. The summed E-state index contributed by atoms with van der Waals surface area (Å²) in [6.45, 7) is 9.77. The van der Waals surface area contributed by atoms with Crippen LogP contribution in [0.4, 0.5) is 0 Å². The summed E-state index contributed by atoms with van der Waals surface area (Å²) in [5.41, 5.74) is 26.0. The van der Waals surface area contributed by atoms with Gasteiger partial charge < -0.3 is 0 Å². The Balaban J connectivity index is 0.000000143. The van der Waals surface area contributed by atoms with E-state index in [1.54, 1.807) is 53.4 Å². The standard InChI is InChI=1S/C39H32Si.C37H28Si.4CH3.2Hf/c1-27-11-7-13-29(21-27)36-19-9-15-31-23-34(25-38(31)36)40(3,33-17-5-4-6-18-33)35-24-32-16-10-20-37(39(32)26-35)30-14-8-12-28(2)22-30;1-38(31-19-9-4-10-20-31,32-23-29-17-11-21-34(36(29)25-32)27-13-5-2-6-14-27)33-24-30-18-12-22-35(37(30)26-33)28-15-7-3-8-16-28;;;;;;/h4-26H,1-3H3;2-26H,1H3;4*1H3;;. The zero-order chi connectivity index (χ0) is 57.3. The van der Waals surface area contributed by atoms with Gasteiger partial charge in [0.2, 0.25) is 0 Å². The predicted molar refractivity (Wildman–Crippen MR) is 359 cm³/mol. The molecule has 0 aromatic heterocycles. The van der Waals surface area contributed by atoms with Gasteiger partial charge in [-0.05, 0) is 0 Å². The number of hydrogen-bond acceptors (Lipinski definition) is 0. The average Bonchev–Trinajstić information content (AvgIpc) is 1.54. The molecule has 4 atom stereocenters. The van der Waals surface area contributed by atoms with Gasteiger partial charge in [-0.15, -0.1) is 0 Å². The van der Waals surface area contributed by atoms with E-state index in [0.29, 0.717) is 14.7 Å². The first-order chi connectivity index (χ1) is 40.8. The molecule has 6 aliphatic rings. The van der Waals surface area contributed by atoms with Crippen molar-refractivity contribution in [3.63, 3.8) is 0 Å². The molecule has 4 unspecified atom stereocenters. The monoisotopic (exact) mass is 1450 g/mol. The second kappa shape index (κ2) is 20.5. The van der Waals surface area contributed by atoms with Crippen molar-refractivity contribution >= 4 is 50.8 Å². The van der Waals surface area contributed by atoms with E-state index < -0.39 is 56.1 Å². The summed E-state index contributed by atoms with van der Waals surface area (Å²) in [6, 6.07) is 92.0. The number of benzene rings is 10. The van der Waals surface area contributed by atoms with Crippen molar-refractivity contribution in [2.24, 2.45) is 0 Å². The summed E-state index contributed by atoms with van der Waals surface area (Å²) >= 11 is -6.22. The fourth-order valence-electron chi connectivity index (χ4n) is 17.3. The normalized spacial score (nSPS) is 22.9. The van der Waals surface area contributed by atoms with Crippen LogP contribution in [0.1, 0.15) is 70.3 Å². The van der Waals surface area contributed by atoms with Gasteiger partial charge >= 0.3 is 515 Å². The fourth-order valence-corrected chi connectivity index (χ4v) is 80.5. The minimum atomic E-state index is -3.13. The van der Waals surface area contributed by atoms with E-state index in [4.69, 9.17) is 0 Å². The second-order valence-electron chi connectivity index (χ2n) is 26.5. The van der Waals surface area contributed by atoms with Crippen LogP contribution in [0.2, 0.25) is 31.8 Å². The van der Waals surface area contributed by atoms with Gasteiger partial charge in [0.05, 0.1) is 0 Å². The number of fused-ring (bicyclic) bond motifs is 12. The third-order valence-electron chi connectivity index (χ3n) is 21.1. The first kappa shape index (κ1) is 54.0. The first-order valence-corrected chi connectivity index (χ1v) is 58.2. The Hall–Kier alpha value is -6.67. The molecule has 408 valence electrons. The molecule has 0 spiro atoms. The molecule has 4 heteroatoms. The Morgan fingerprint density at radius 2 is 0.524 bits per heavy atom. The van der Waals surface area contributed by atoms with Crippen molar-refractivity contribution in [3.8, 4) is 44.5 Å². The van der Waals surface area contributed by atoms with Crippen molar-refractivity contribution < 1.29 is 39.9 Å². The number of aryl methyl sites for hydroxylation is 2. The van der Waals surface area contributed by atoms with Gasteiger partial charge in [0.15, 0.2) is 0 Å². The van der Waals surface area contributed by atoms with Gasteiger partial charge in [0, 0.05) is 0 Å². The number of hydrogen-bond donors (Lipinski definition) is 0. The van der Waals surface area contributed by atoms with E-state index in [1.165, 1.54) is 77.9 Å². The van der Waals surface area contributed by atoms with Crippen molar-refractivity contribution in [2.45, 2.75) is 60.4 Å². The summed E-state index contributed by atoms with van der Waals surface area (Å²) in [5, 5.41) is 10.2. The van der Waals surface area contributed by atoms with Gasteiger partial charge in [-0.2, -0.15) is 0 Å². The van der Waals surface area contributed by atoms with Crippen molar-refractivity contribution in [3.05, 3.63) is 319 Å². The molecule has 10 aromatic rings. The van der Waals surface area contributed by atoms with Crippen molar-refractivity contribution in [1.82, 2.24) is 0 Å². The molecule has 2 heterocycles. The fraction of sp³-hybridized carbons (Fsp3) is 0.150. The topological polar surface area (TPSA) is 0 Å². The first-order valence-electron chi connectivity index (χ1n) is 30.5. The van der Waals surface area contributed by atoms with Gasteiger partial charge in [-0.1, -0.05) is 0 Å². The Morgan fingerprint density at radius 1 is 0.274 bits per heavy atom. The molecule has 2 saturated heterocycles. The maximum atomic E-state index is 2.77.